The zero-order valence-electron chi connectivity index (χ0n) is 13.7. The average Bonchev–Trinajstić information content (AvgIpc) is 2.56. The summed E-state index contributed by atoms with van der Waals surface area (Å²) in [4.78, 5) is 40.0. The van der Waals surface area contributed by atoms with Gasteiger partial charge in [-0.3, -0.25) is 9.63 Å². The number of carboxylic acid groups (broad SMARTS) is 1. The van der Waals surface area contributed by atoms with Gasteiger partial charge in [0.1, 0.15) is 12.6 Å². The second-order valence-corrected chi connectivity index (χ2v) is 6.00. The van der Waals surface area contributed by atoms with E-state index in [1.54, 1.807) is 6.92 Å². The normalized spacial score (nSPS) is 20.3. The zero-order valence-corrected chi connectivity index (χ0v) is 13.7. The Kier molecular flexibility index (Phi) is 5.08. The maximum Gasteiger partial charge on any atom is 0.408 e. The Morgan fingerprint density at radius 3 is 2.46 bits per heavy atom. The number of benzene rings is 1. The van der Waals surface area contributed by atoms with Crippen molar-refractivity contribution >= 4 is 18.0 Å². The number of nitrogens with zero attached hydrogens (tertiary/aromatic N) is 1. The first-order chi connectivity index (χ1) is 11.2. The molecule has 1 aliphatic rings. The molecule has 1 aromatic rings. The van der Waals surface area contributed by atoms with Crippen LogP contribution in [0.4, 0.5) is 4.79 Å². The molecule has 2 unspecified atom stereocenters. The smallest absolute Gasteiger partial charge is 0.408 e. The molecule has 2 N–H and O–H groups in total. The van der Waals surface area contributed by atoms with Gasteiger partial charge >= 0.3 is 12.1 Å². The van der Waals surface area contributed by atoms with E-state index in [0.717, 1.165) is 10.6 Å². The van der Waals surface area contributed by atoms with Gasteiger partial charge in [-0.05, 0) is 26.3 Å². The monoisotopic (exact) mass is 336 g/mol. The zero-order chi connectivity index (χ0) is 17.9. The number of rotatable bonds is 6. The van der Waals surface area contributed by atoms with Gasteiger partial charge in [0.15, 0.2) is 5.60 Å². The Labute approximate surface area is 139 Å². The Morgan fingerprint density at radius 1 is 1.29 bits per heavy atom. The number of ether oxygens (including phenoxy) is 1. The van der Waals surface area contributed by atoms with E-state index in [2.05, 4.69) is 5.32 Å². The largest absolute Gasteiger partial charge is 0.479 e. The number of carbonyl (C=O) groups excluding carboxylic acids is 2. The van der Waals surface area contributed by atoms with Gasteiger partial charge in [-0.1, -0.05) is 30.3 Å². The molecule has 2 amide bonds. The predicted octanol–water partition coefficient (Wildman–Crippen LogP) is 1.31. The van der Waals surface area contributed by atoms with Gasteiger partial charge in [-0.15, -0.1) is 0 Å². The average molecular weight is 336 g/mol. The van der Waals surface area contributed by atoms with Crippen molar-refractivity contribution < 1.29 is 29.1 Å². The van der Waals surface area contributed by atoms with Crippen molar-refractivity contribution in [2.75, 3.05) is 0 Å². The second kappa shape index (κ2) is 6.88. The van der Waals surface area contributed by atoms with Crippen LogP contribution in [0.3, 0.4) is 0 Å². The van der Waals surface area contributed by atoms with Crippen molar-refractivity contribution in [3.8, 4) is 0 Å². The third kappa shape index (κ3) is 3.83. The lowest BCUT2D eigenvalue weighted by molar-refractivity contribution is -0.272. The number of hydrogen-bond acceptors (Lipinski definition) is 5. The third-order valence-electron chi connectivity index (χ3n) is 3.66. The van der Waals surface area contributed by atoms with Gasteiger partial charge in [0.05, 0.1) is 6.04 Å². The van der Waals surface area contributed by atoms with Crippen LogP contribution in [0.5, 0.6) is 0 Å². The lowest BCUT2D eigenvalue weighted by atomic mass is 10.0. The van der Waals surface area contributed by atoms with Crippen molar-refractivity contribution in [3.05, 3.63) is 35.9 Å². The van der Waals surface area contributed by atoms with E-state index in [9.17, 15) is 14.4 Å². The number of nitrogens with one attached hydrogen (secondary N) is 1. The first-order valence-corrected chi connectivity index (χ1v) is 7.45. The minimum absolute atomic E-state index is 0.0915. The first-order valence-electron chi connectivity index (χ1n) is 7.45. The molecule has 1 aromatic carbocycles. The standard InChI is InChI=1S/C16H20N2O6/c1-10-12(13(19)18(10)24-16(2,3)14(20)21)17-15(22)23-9-11-7-5-4-6-8-11/h4-8,10,12H,9H2,1-3H3,(H,17,22)(H,20,21). The van der Waals surface area contributed by atoms with Crippen molar-refractivity contribution in [1.82, 2.24) is 10.4 Å². The molecular formula is C16H20N2O6. The molecule has 1 aliphatic heterocycles. The van der Waals surface area contributed by atoms with E-state index in [-0.39, 0.29) is 6.61 Å². The lowest BCUT2D eigenvalue weighted by Gasteiger charge is -2.45. The van der Waals surface area contributed by atoms with Gasteiger partial charge in [-0.2, -0.15) is 0 Å². The summed E-state index contributed by atoms with van der Waals surface area (Å²) in [6.07, 6.45) is -0.721. The molecule has 1 heterocycles. The maximum atomic E-state index is 12.0. The topological polar surface area (TPSA) is 105 Å². The van der Waals surface area contributed by atoms with Crippen LogP contribution >= 0.6 is 0 Å². The van der Waals surface area contributed by atoms with E-state index >= 15 is 0 Å². The highest BCUT2D eigenvalue weighted by molar-refractivity contribution is 5.91. The molecule has 0 spiro atoms. The summed E-state index contributed by atoms with van der Waals surface area (Å²) < 4.78 is 5.05. The molecule has 24 heavy (non-hydrogen) atoms. The number of carbonyl (C=O) groups is 3. The quantitative estimate of drug-likeness (QED) is 0.759. The summed E-state index contributed by atoms with van der Waals surface area (Å²) in [5, 5.41) is 12.4. The van der Waals surface area contributed by atoms with Crippen LogP contribution in [-0.4, -0.2) is 45.8 Å². The molecule has 0 aliphatic carbocycles. The van der Waals surface area contributed by atoms with E-state index in [4.69, 9.17) is 14.7 Å². The number of aliphatic carboxylic acids is 1. The molecule has 1 fully saturated rings. The van der Waals surface area contributed by atoms with Crippen LogP contribution in [0.15, 0.2) is 30.3 Å². The fourth-order valence-corrected chi connectivity index (χ4v) is 2.08. The van der Waals surface area contributed by atoms with Crippen LogP contribution in [-0.2, 0) is 25.8 Å². The number of carboxylic acids is 1. The van der Waals surface area contributed by atoms with Gasteiger partial charge in [0.25, 0.3) is 5.91 Å². The van der Waals surface area contributed by atoms with Crippen molar-refractivity contribution in [3.63, 3.8) is 0 Å². The maximum absolute atomic E-state index is 12.0. The fraction of sp³-hybridized carbons (Fsp3) is 0.438. The summed E-state index contributed by atoms with van der Waals surface area (Å²) >= 11 is 0. The molecular weight excluding hydrogens is 316 g/mol. The molecule has 2 rings (SSSR count). The predicted molar refractivity (Wildman–Crippen MR) is 82.7 cm³/mol. The van der Waals surface area contributed by atoms with Crippen LogP contribution in [0, 0.1) is 0 Å². The Bertz CT molecular complexity index is 631. The molecule has 130 valence electrons. The number of alkyl carbamates (subject to hydrolysis) is 1. The van der Waals surface area contributed by atoms with Gasteiger partial charge in [0, 0.05) is 0 Å². The van der Waals surface area contributed by atoms with Crippen molar-refractivity contribution in [2.45, 2.75) is 45.1 Å². The summed E-state index contributed by atoms with van der Waals surface area (Å²) in [5.74, 6) is -1.71. The highest BCUT2D eigenvalue weighted by Crippen LogP contribution is 2.25. The SMILES string of the molecule is CC1C(NC(=O)OCc2ccccc2)C(=O)N1OC(C)(C)C(=O)O. The van der Waals surface area contributed by atoms with Crippen LogP contribution < -0.4 is 5.32 Å². The van der Waals surface area contributed by atoms with Crippen molar-refractivity contribution in [2.24, 2.45) is 0 Å². The number of hydrogen-bond donors (Lipinski definition) is 2. The van der Waals surface area contributed by atoms with E-state index in [1.807, 2.05) is 30.3 Å². The second-order valence-electron chi connectivity index (χ2n) is 6.00. The Balaban J connectivity index is 1.83. The molecule has 8 nitrogen and oxygen atoms in total. The third-order valence-corrected chi connectivity index (χ3v) is 3.66. The number of β-lactam (4-membered cyclic amide) rings is 1. The summed E-state index contributed by atoms with van der Waals surface area (Å²) in [5.41, 5.74) is -0.711. The Morgan fingerprint density at radius 2 is 1.92 bits per heavy atom. The summed E-state index contributed by atoms with van der Waals surface area (Å²) in [6.45, 7) is 4.41. The van der Waals surface area contributed by atoms with E-state index in [1.165, 1.54) is 13.8 Å². The minimum Gasteiger partial charge on any atom is -0.479 e. The summed E-state index contributed by atoms with van der Waals surface area (Å²) in [6, 6.07) is 7.83. The van der Waals surface area contributed by atoms with Crippen LogP contribution in [0.1, 0.15) is 26.3 Å². The van der Waals surface area contributed by atoms with Gasteiger partial charge in [-0.25, -0.2) is 14.7 Å². The molecule has 0 radical (unpaired) electrons. The lowest BCUT2D eigenvalue weighted by Crippen LogP contribution is -2.70. The van der Waals surface area contributed by atoms with Gasteiger partial charge in [0.2, 0.25) is 0 Å². The number of hydroxylamine groups is 2. The highest BCUT2D eigenvalue weighted by atomic mass is 16.7. The highest BCUT2D eigenvalue weighted by Gasteiger charge is 2.50. The minimum atomic E-state index is -1.54. The van der Waals surface area contributed by atoms with Crippen molar-refractivity contribution in [1.29, 1.82) is 0 Å². The molecule has 0 bridgehead atoms. The summed E-state index contributed by atoms with van der Waals surface area (Å²) in [7, 11) is 0. The molecule has 2 atom stereocenters. The Hall–Kier alpha value is -2.61. The molecule has 8 heteroatoms. The fourth-order valence-electron chi connectivity index (χ4n) is 2.08. The van der Waals surface area contributed by atoms with Gasteiger partial charge < -0.3 is 15.2 Å². The van der Waals surface area contributed by atoms with E-state index < -0.39 is 35.7 Å². The molecule has 1 saturated heterocycles. The molecule has 0 aromatic heterocycles. The first kappa shape index (κ1) is 17.7. The van der Waals surface area contributed by atoms with Crippen LogP contribution in [0.25, 0.3) is 0 Å². The van der Waals surface area contributed by atoms with Crippen LogP contribution in [0.2, 0.25) is 0 Å². The molecule has 0 saturated carbocycles. The van der Waals surface area contributed by atoms with E-state index in [0.29, 0.717) is 0 Å². The number of amides is 2.